The highest BCUT2D eigenvalue weighted by Gasteiger charge is 2.36. The first-order valence-corrected chi connectivity index (χ1v) is 11.6. The Kier molecular flexibility index (Phi) is 7.25. The molecule has 0 fully saturated rings. The minimum atomic E-state index is -1.30. The number of hydrogen-bond acceptors (Lipinski definition) is 5. The number of carbonyl (C=O) groups is 2. The van der Waals surface area contributed by atoms with Crippen molar-refractivity contribution in [3.05, 3.63) is 83.4 Å². The number of para-hydroxylation sites is 1. The highest BCUT2D eigenvalue weighted by molar-refractivity contribution is 5.83. The summed E-state index contributed by atoms with van der Waals surface area (Å²) in [6.45, 7) is 2.19. The Morgan fingerprint density at radius 2 is 1.54 bits per heavy atom. The maximum atomic E-state index is 13.4. The molecule has 4 rings (SSSR count). The smallest absolute Gasteiger partial charge is 0.410 e. The number of aliphatic carboxylic acids is 1. The van der Waals surface area contributed by atoms with E-state index >= 15 is 0 Å². The molecule has 0 aliphatic heterocycles. The number of fused-ring (bicyclic) bond motifs is 3. The van der Waals surface area contributed by atoms with Crippen LogP contribution in [0.5, 0.6) is 11.5 Å². The predicted octanol–water partition coefficient (Wildman–Crippen LogP) is 5.49. The summed E-state index contributed by atoms with van der Waals surface area (Å²) in [5, 5.41) is 10.2. The van der Waals surface area contributed by atoms with E-state index in [1.165, 1.54) is 19.1 Å². The molecule has 1 amide bonds. The number of ether oxygens (including phenoxy) is 3. The fourth-order valence-corrected chi connectivity index (χ4v) is 4.81. The van der Waals surface area contributed by atoms with Crippen LogP contribution in [0, 0.1) is 0 Å². The quantitative estimate of drug-likeness (QED) is 0.440. The molecule has 1 N–H and O–H groups in total. The molecule has 35 heavy (non-hydrogen) atoms. The van der Waals surface area contributed by atoms with Crippen LogP contribution in [0.1, 0.15) is 42.0 Å². The largest absolute Gasteiger partial charge is 0.493 e. The van der Waals surface area contributed by atoms with Crippen LogP contribution in [-0.2, 0) is 9.53 Å². The van der Waals surface area contributed by atoms with Gasteiger partial charge in [-0.05, 0) is 34.7 Å². The van der Waals surface area contributed by atoms with Gasteiger partial charge in [-0.15, -0.1) is 0 Å². The van der Waals surface area contributed by atoms with Crippen molar-refractivity contribution in [1.29, 1.82) is 0 Å². The topological polar surface area (TPSA) is 85.3 Å². The number of methoxy groups -OCH3 is 2. The number of hydrogen-bond donors (Lipinski definition) is 1. The Morgan fingerprint density at radius 1 is 0.914 bits per heavy atom. The second kappa shape index (κ2) is 10.5. The number of carboxylic acid groups (broad SMARTS) is 1. The molecule has 7 heteroatoms. The second-order valence-corrected chi connectivity index (χ2v) is 8.32. The van der Waals surface area contributed by atoms with Crippen molar-refractivity contribution in [2.75, 3.05) is 27.4 Å². The monoisotopic (exact) mass is 475 g/mol. The Hall–Kier alpha value is -4.00. The summed E-state index contributed by atoms with van der Waals surface area (Å²) < 4.78 is 16.6. The van der Waals surface area contributed by atoms with E-state index in [0.717, 1.165) is 22.3 Å². The van der Waals surface area contributed by atoms with E-state index in [4.69, 9.17) is 14.2 Å². The minimum Gasteiger partial charge on any atom is -0.493 e. The molecule has 0 heterocycles. The van der Waals surface area contributed by atoms with Gasteiger partial charge in [0.25, 0.3) is 0 Å². The Bertz CT molecular complexity index is 1180. The summed E-state index contributed by atoms with van der Waals surface area (Å²) >= 11 is 0. The van der Waals surface area contributed by atoms with Crippen molar-refractivity contribution in [3.63, 3.8) is 0 Å². The third-order valence-corrected chi connectivity index (χ3v) is 6.31. The minimum absolute atomic E-state index is 0.106. The van der Waals surface area contributed by atoms with E-state index < -0.39 is 18.1 Å². The standard InChI is InChI=1S/C28H29NO6/c1-4-16-29(25(27(30)31)22-14-9-15-24(33-2)26(22)34-3)28(32)35-17-23-20-12-7-5-10-18(20)19-11-6-8-13-21(19)23/h5-15,23,25H,4,16-17H2,1-3H3,(H,30,31). The highest BCUT2D eigenvalue weighted by Crippen LogP contribution is 2.45. The molecule has 182 valence electrons. The van der Waals surface area contributed by atoms with Crippen LogP contribution >= 0.6 is 0 Å². The molecule has 0 saturated carbocycles. The molecule has 0 radical (unpaired) electrons. The maximum Gasteiger partial charge on any atom is 0.410 e. The first-order valence-electron chi connectivity index (χ1n) is 11.6. The molecule has 3 aromatic carbocycles. The molecular formula is C28H29NO6. The van der Waals surface area contributed by atoms with Gasteiger partial charge in [0.1, 0.15) is 6.61 Å². The van der Waals surface area contributed by atoms with Gasteiger partial charge in [0.15, 0.2) is 17.5 Å². The van der Waals surface area contributed by atoms with Crippen LogP contribution < -0.4 is 9.47 Å². The zero-order valence-corrected chi connectivity index (χ0v) is 20.1. The van der Waals surface area contributed by atoms with Gasteiger partial charge in [0, 0.05) is 18.0 Å². The normalized spacial score (nSPS) is 12.9. The highest BCUT2D eigenvalue weighted by atomic mass is 16.6. The maximum absolute atomic E-state index is 13.4. The summed E-state index contributed by atoms with van der Waals surface area (Å²) in [5.41, 5.74) is 4.75. The molecule has 0 saturated heterocycles. The number of nitrogens with zero attached hydrogens (tertiary/aromatic N) is 1. The Balaban J connectivity index is 1.63. The number of amides is 1. The van der Waals surface area contributed by atoms with Gasteiger partial charge in [-0.25, -0.2) is 9.59 Å². The lowest BCUT2D eigenvalue weighted by molar-refractivity contribution is -0.143. The van der Waals surface area contributed by atoms with Crippen LogP contribution in [0.15, 0.2) is 66.7 Å². The van der Waals surface area contributed by atoms with Crippen LogP contribution in [0.2, 0.25) is 0 Å². The molecule has 3 aromatic rings. The van der Waals surface area contributed by atoms with E-state index in [1.807, 2.05) is 43.3 Å². The van der Waals surface area contributed by atoms with Gasteiger partial charge in [-0.2, -0.15) is 0 Å². The zero-order valence-electron chi connectivity index (χ0n) is 20.1. The van der Waals surface area contributed by atoms with Crippen LogP contribution in [0.4, 0.5) is 4.79 Å². The lowest BCUT2D eigenvalue weighted by Gasteiger charge is -2.30. The number of carbonyl (C=O) groups excluding carboxylic acids is 1. The Labute approximate surface area is 204 Å². The van der Waals surface area contributed by atoms with E-state index in [-0.39, 0.29) is 24.8 Å². The summed E-state index contributed by atoms with van der Waals surface area (Å²) in [7, 11) is 2.92. The lowest BCUT2D eigenvalue weighted by Crippen LogP contribution is -2.40. The van der Waals surface area contributed by atoms with Crippen molar-refractivity contribution in [2.45, 2.75) is 25.3 Å². The zero-order chi connectivity index (χ0) is 24.9. The summed E-state index contributed by atoms with van der Waals surface area (Å²) in [6, 6.07) is 19.8. The predicted molar refractivity (Wildman–Crippen MR) is 132 cm³/mol. The lowest BCUT2D eigenvalue weighted by atomic mass is 9.98. The van der Waals surface area contributed by atoms with E-state index in [2.05, 4.69) is 12.1 Å². The fraction of sp³-hybridized carbons (Fsp3) is 0.286. The van der Waals surface area contributed by atoms with Gasteiger partial charge >= 0.3 is 12.1 Å². The molecule has 1 unspecified atom stereocenters. The van der Waals surface area contributed by atoms with Crippen LogP contribution in [0.3, 0.4) is 0 Å². The summed E-state index contributed by atoms with van der Waals surface area (Å²) in [5.74, 6) is -0.641. The number of benzene rings is 3. The van der Waals surface area contributed by atoms with Crippen LogP contribution in [0.25, 0.3) is 11.1 Å². The second-order valence-electron chi connectivity index (χ2n) is 8.32. The van der Waals surface area contributed by atoms with Crippen molar-refractivity contribution in [1.82, 2.24) is 4.90 Å². The van der Waals surface area contributed by atoms with Gasteiger partial charge in [0.2, 0.25) is 0 Å². The van der Waals surface area contributed by atoms with E-state index in [1.54, 1.807) is 18.2 Å². The van der Waals surface area contributed by atoms with Crippen molar-refractivity contribution in [2.24, 2.45) is 0 Å². The number of carboxylic acids is 1. The molecule has 0 bridgehead atoms. The van der Waals surface area contributed by atoms with Gasteiger partial charge < -0.3 is 19.3 Å². The molecule has 1 aliphatic rings. The van der Waals surface area contributed by atoms with Gasteiger partial charge in [-0.3, -0.25) is 4.90 Å². The van der Waals surface area contributed by atoms with E-state index in [9.17, 15) is 14.7 Å². The summed E-state index contributed by atoms with van der Waals surface area (Å²) in [4.78, 5) is 27.0. The summed E-state index contributed by atoms with van der Waals surface area (Å²) in [6.07, 6.45) is -0.133. The number of rotatable bonds is 9. The van der Waals surface area contributed by atoms with Gasteiger partial charge in [-0.1, -0.05) is 67.6 Å². The molecule has 1 aliphatic carbocycles. The average molecular weight is 476 g/mol. The van der Waals surface area contributed by atoms with E-state index in [0.29, 0.717) is 17.7 Å². The Morgan fingerprint density at radius 3 is 2.09 bits per heavy atom. The third-order valence-electron chi connectivity index (χ3n) is 6.31. The average Bonchev–Trinajstić information content (AvgIpc) is 3.20. The SMILES string of the molecule is CCCN(C(=O)OCC1c2ccccc2-c2ccccc21)C(C(=O)O)c1cccc(OC)c1OC. The van der Waals surface area contributed by atoms with Gasteiger partial charge in [0.05, 0.1) is 14.2 Å². The molecule has 0 aromatic heterocycles. The molecule has 7 nitrogen and oxygen atoms in total. The molecule has 0 spiro atoms. The first kappa shape index (κ1) is 24.1. The van der Waals surface area contributed by atoms with Crippen molar-refractivity contribution in [3.8, 4) is 22.6 Å². The molecule has 1 atom stereocenters. The fourth-order valence-electron chi connectivity index (χ4n) is 4.81. The molecular weight excluding hydrogens is 446 g/mol. The van der Waals surface area contributed by atoms with Crippen molar-refractivity contribution >= 4 is 12.1 Å². The van der Waals surface area contributed by atoms with Crippen molar-refractivity contribution < 1.29 is 28.9 Å². The first-order chi connectivity index (χ1) is 17.0. The van der Waals surface area contributed by atoms with Crippen LogP contribution in [-0.4, -0.2) is 49.4 Å². The third kappa shape index (κ3) is 4.54.